The molecule has 2 aromatic rings. The lowest BCUT2D eigenvalue weighted by atomic mass is 9.93. The monoisotopic (exact) mass is 442 g/mol. The zero-order valence-corrected chi connectivity index (χ0v) is 20.0. The molecule has 1 amide bonds. The molecule has 0 bridgehead atoms. The Kier molecular flexibility index (Phi) is 8.97. The van der Waals surface area contributed by atoms with Crippen LogP contribution in [-0.4, -0.2) is 47.9 Å². The highest BCUT2D eigenvalue weighted by Crippen LogP contribution is 2.25. The van der Waals surface area contributed by atoms with E-state index in [1.165, 1.54) is 24.1 Å². The van der Waals surface area contributed by atoms with E-state index in [0.29, 0.717) is 18.9 Å². The highest BCUT2D eigenvalue weighted by atomic mass is 16.5. The molecule has 1 fully saturated rings. The first-order valence-electron chi connectivity index (χ1n) is 11.7. The minimum absolute atomic E-state index is 0.0941. The molecule has 1 aliphatic rings. The number of hydrogen-bond acceptors (Lipinski definition) is 5. The second-order valence-electron chi connectivity index (χ2n) is 8.71. The third-order valence-corrected chi connectivity index (χ3v) is 6.39. The Morgan fingerprint density at radius 3 is 2.84 bits per heavy atom. The van der Waals surface area contributed by atoms with Gasteiger partial charge in [0.25, 0.3) is 0 Å². The maximum absolute atomic E-state index is 12.5. The number of ether oxygens (including phenoxy) is 2. The van der Waals surface area contributed by atoms with E-state index >= 15 is 0 Å². The normalized spacial score (nSPS) is 16.7. The van der Waals surface area contributed by atoms with Gasteiger partial charge in [0.1, 0.15) is 11.5 Å². The van der Waals surface area contributed by atoms with Crippen molar-refractivity contribution in [1.29, 1.82) is 0 Å². The predicted molar refractivity (Wildman–Crippen MR) is 126 cm³/mol. The fraction of sp³-hybridized carbons (Fsp3) is 0.600. The van der Waals surface area contributed by atoms with E-state index < -0.39 is 0 Å². The van der Waals surface area contributed by atoms with Gasteiger partial charge in [-0.2, -0.15) is 5.10 Å². The summed E-state index contributed by atoms with van der Waals surface area (Å²) in [5.41, 5.74) is 3.55. The quantitative estimate of drug-likeness (QED) is 0.571. The summed E-state index contributed by atoms with van der Waals surface area (Å²) in [6, 6.07) is 5.65. The van der Waals surface area contributed by atoms with Gasteiger partial charge in [0, 0.05) is 55.5 Å². The molecule has 1 N–H and O–H groups in total. The molecule has 32 heavy (non-hydrogen) atoms. The molecule has 1 aliphatic heterocycles. The maximum atomic E-state index is 12.5. The van der Waals surface area contributed by atoms with Gasteiger partial charge in [0.2, 0.25) is 5.91 Å². The smallest absolute Gasteiger partial charge is 0.220 e. The number of nitrogens with one attached hydrogen (secondary N) is 1. The molecule has 7 nitrogen and oxygen atoms in total. The van der Waals surface area contributed by atoms with Crippen molar-refractivity contribution >= 4 is 5.91 Å². The van der Waals surface area contributed by atoms with Crippen LogP contribution < -0.4 is 14.8 Å². The van der Waals surface area contributed by atoms with E-state index in [0.717, 1.165) is 56.1 Å². The highest BCUT2D eigenvalue weighted by Gasteiger charge is 2.22. The number of methoxy groups -OCH3 is 2. The largest absolute Gasteiger partial charge is 0.497 e. The fourth-order valence-electron chi connectivity index (χ4n) is 4.46. The highest BCUT2D eigenvalue weighted by molar-refractivity contribution is 5.75. The SMILES string of the molecule is CCCn1ncc(CN2CCCC(CCC(=O)NCc3ccc(OC)cc3OC)C2)c1C. The van der Waals surface area contributed by atoms with E-state index in [-0.39, 0.29) is 5.91 Å². The van der Waals surface area contributed by atoms with E-state index in [1.807, 2.05) is 24.4 Å². The number of nitrogens with zero attached hydrogens (tertiary/aromatic N) is 3. The van der Waals surface area contributed by atoms with E-state index in [1.54, 1.807) is 14.2 Å². The summed E-state index contributed by atoms with van der Waals surface area (Å²) in [7, 11) is 3.26. The minimum Gasteiger partial charge on any atom is -0.497 e. The van der Waals surface area contributed by atoms with E-state index in [4.69, 9.17) is 9.47 Å². The molecule has 1 unspecified atom stereocenters. The van der Waals surface area contributed by atoms with E-state index in [2.05, 4.69) is 33.8 Å². The van der Waals surface area contributed by atoms with Crippen molar-refractivity contribution in [3.63, 3.8) is 0 Å². The molecular weight excluding hydrogens is 404 g/mol. The second-order valence-corrected chi connectivity index (χ2v) is 8.71. The summed E-state index contributed by atoms with van der Waals surface area (Å²) in [4.78, 5) is 15.0. The van der Waals surface area contributed by atoms with Gasteiger partial charge in [-0.1, -0.05) is 6.92 Å². The maximum Gasteiger partial charge on any atom is 0.220 e. The standard InChI is InChI=1S/C25H38N4O3/c1-5-12-29-19(2)22(16-27-29)18-28-13-6-7-20(17-28)8-11-25(30)26-15-21-9-10-23(31-3)14-24(21)32-4/h9-10,14,16,20H,5-8,11-13,15,17-18H2,1-4H3,(H,26,30). The van der Waals surface area contributed by atoms with Crippen LogP contribution in [0.2, 0.25) is 0 Å². The zero-order chi connectivity index (χ0) is 22.9. The van der Waals surface area contributed by atoms with Crippen LogP contribution in [0.5, 0.6) is 11.5 Å². The molecule has 0 spiro atoms. The minimum atomic E-state index is 0.0941. The van der Waals surface area contributed by atoms with Gasteiger partial charge in [-0.3, -0.25) is 14.4 Å². The Bertz CT molecular complexity index is 880. The van der Waals surface area contributed by atoms with Gasteiger partial charge in [-0.25, -0.2) is 0 Å². The van der Waals surface area contributed by atoms with Crippen LogP contribution in [0.15, 0.2) is 24.4 Å². The molecule has 1 atom stereocenters. The summed E-state index contributed by atoms with van der Waals surface area (Å²) < 4.78 is 12.8. The molecule has 0 radical (unpaired) electrons. The molecule has 7 heteroatoms. The molecule has 0 aliphatic carbocycles. The number of aryl methyl sites for hydroxylation is 1. The van der Waals surface area contributed by atoms with Crippen molar-refractivity contribution in [3.05, 3.63) is 41.2 Å². The van der Waals surface area contributed by atoms with Gasteiger partial charge < -0.3 is 14.8 Å². The third-order valence-electron chi connectivity index (χ3n) is 6.39. The Hall–Kier alpha value is -2.54. The fourth-order valence-corrected chi connectivity index (χ4v) is 4.46. The number of benzene rings is 1. The molecule has 176 valence electrons. The van der Waals surface area contributed by atoms with Crippen LogP contribution in [0.4, 0.5) is 0 Å². The Morgan fingerprint density at radius 1 is 1.25 bits per heavy atom. The number of piperidine rings is 1. The van der Waals surface area contributed by atoms with Gasteiger partial charge in [-0.15, -0.1) is 0 Å². The van der Waals surface area contributed by atoms with Crippen molar-refractivity contribution in [2.45, 2.75) is 65.6 Å². The lowest BCUT2D eigenvalue weighted by Gasteiger charge is -2.32. The van der Waals surface area contributed by atoms with Crippen molar-refractivity contribution < 1.29 is 14.3 Å². The van der Waals surface area contributed by atoms with Crippen LogP contribution in [0.25, 0.3) is 0 Å². The van der Waals surface area contributed by atoms with Gasteiger partial charge >= 0.3 is 0 Å². The van der Waals surface area contributed by atoms with Crippen molar-refractivity contribution in [1.82, 2.24) is 20.0 Å². The lowest BCUT2D eigenvalue weighted by Crippen LogP contribution is -2.35. The Morgan fingerprint density at radius 2 is 2.09 bits per heavy atom. The number of carbonyl (C=O) groups is 1. The first-order valence-corrected chi connectivity index (χ1v) is 11.7. The second kappa shape index (κ2) is 11.9. The van der Waals surface area contributed by atoms with Gasteiger partial charge in [-0.05, 0) is 57.2 Å². The summed E-state index contributed by atoms with van der Waals surface area (Å²) in [6.07, 6.45) is 7.00. The number of carbonyl (C=O) groups excluding carboxylic acids is 1. The lowest BCUT2D eigenvalue weighted by molar-refractivity contribution is -0.121. The molecular formula is C25H38N4O3. The first-order chi connectivity index (χ1) is 15.5. The topological polar surface area (TPSA) is 68.6 Å². The third kappa shape index (κ3) is 6.48. The van der Waals surface area contributed by atoms with Crippen molar-refractivity contribution in [2.75, 3.05) is 27.3 Å². The summed E-state index contributed by atoms with van der Waals surface area (Å²) >= 11 is 0. The molecule has 0 saturated carbocycles. The number of amides is 1. The summed E-state index contributed by atoms with van der Waals surface area (Å²) in [6.45, 7) is 8.92. The average Bonchev–Trinajstić information content (AvgIpc) is 3.15. The molecule has 1 saturated heterocycles. The van der Waals surface area contributed by atoms with Crippen LogP contribution in [0.3, 0.4) is 0 Å². The van der Waals surface area contributed by atoms with Gasteiger partial charge in [0.05, 0.1) is 20.4 Å². The number of aromatic nitrogens is 2. The number of rotatable bonds is 11. The summed E-state index contributed by atoms with van der Waals surface area (Å²) in [5, 5.41) is 7.58. The van der Waals surface area contributed by atoms with Crippen LogP contribution >= 0.6 is 0 Å². The number of likely N-dealkylation sites (tertiary alicyclic amines) is 1. The summed E-state index contributed by atoms with van der Waals surface area (Å²) in [5.74, 6) is 2.13. The molecule has 3 rings (SSSR count). The zero-order valence-electron chi connectivity index (χ0n) is 20.0. The Labute approximate surface area is 192 Å². The van der Waals surface area contributed by atoms with Crippen LogP contribution in [-0.2, 0) is 24.4 Å². The molecule has 1 aromatic heterocycles. The molecule has 2 heterocycles. The van der Waals surface area contributed by atoms with Crippen molar-refractivity contribution in [3.8, 4) is 11.5 Å². The van der Waals surface area contributed by atoms with Crippen molar-refractivity contribution in [2.24, 2.45) is 5.92 Å². The molecule has 1 aromatic carbocycles. The average molecular weight is 443 g/mol. The predicted octanol–water partition coefficient (Wildman–Crippen LogP) is 3.93. The van der Waals surface area contributed by atoms with E-state index in [9.17, 15) is 4.79 Å². The van der Waals surface area contributed by atoms with Gasteiger partial charge in [0.15, 0.2) is 0 Å². The van der Waals surface area contributed by atoms with Crippen LogP contribution in [0, 0.1) is 12.8 Å². The Balaban J connectivity index is 1.44. The number of hydrogen-bond donors (Lipinski definition) is 1. The first kappa shape index (κ1) is 24.1. The van der Waals surface area contributed by atoms with Crippen LogP contribution in [0.1, 0.15) is 55.8 Å².